The Morgan fingerprint density at radius 1 is 1.17 bits per heavy atom. The number of aryl methyl sites for hydroxylation is 1. The van der Waals surface area contributed by atoms with Gasteiger partial charge in [-0.1, -0.05) is 12.1 Å². The van der Waals surface area contributed by atoms with Crippen molar-refractivity contribution in [1.29, 1.82) is 0 Å². The Morgan fingerprint density at radius 3 is 2.63 bits per heavy atom. The lowest BCUT2D eigenvalue weighted by molar-refractivity contribution is -0.0256. The van der Waals surface area contributed by atoms with Crippen LogP contribution in [0.4, 0.5) is 4.39 Å². The number of aromatic hydroxyl groups is 1. The average molecular weight is 408 g/mol. The number of nitrogens with zero attached hydrogens (tertiary/aromatic N) is 4. The van der Waals surface area contributed by atoms with Gasteiger partial charge in [0, 0.05) is 19.4 Å². The van der Waals surface area contributed by atoms with Gasteiger partial charge in [0.1, 0.15) is 17.3 Å². The summed E-state index contributed by atoms with van der Waals surface area (Å²) >= 11 is 0. The first-order chi connectivity index (χ1) is 14.3. The Hall–Kier alpha value is -3.68. The van der Waals surface area contributed by atoms with Crippen LogP contribution in [0.3, 0.4) is 0 Å². The monoisotopic (exact) mass is 408 g/mol. The molecule has 0 aliphatic heterocycles. The molecule has 0 bridgehead atoms. The maximum atomic E-state index is 13.6. The lowest BCUT2D eigenvalue weighted by Gasteiger charge is -2.16. The van der Waals surface area contributed by atoms with E-state index in [4.69, 9.17) is 9.15 Å². The van der Waals surface area contributed by atoms with E-state index in [2.05, 4.69) is 15.1 Å². The van der Waals surface area contributed by atoms with Crippen LogP contribution in [0.2, 0.25) is 0 Å². The Kier molecular flexibility index (Phi) is 4.99. The normalized spacial score (nSPS) is 11.6. The fourth-order valence-electron chi connectivity index (χ4n) is 2.97. The highest BCUT2D eigenvalue weighted by Crippen LogP contribution is 2.28. The second kappa shape index (κ2) is 7.62. The molecule has 0 fully saturated rings. The smallest absolute Gasteiger partial charge is 0.267 e. The molecule has 0 amide bonds. The van der Waals surface area contributed by atoms with E-state index in [1.165, 1.54) is 13.8 Å². The number of phenols is 1. The SMILES string of the molecule is Cc1nc(-c2ncc(-c3ccc(OC(C)(C)F)cc3)o2)nn1Cc1cccc(O)c1. The fourth-order valence-corrected chi connectivity index (χ4v) is 2.97. The lowest BCUT2D eigenvalue weighted by Crippen LogP contribution is -2.20. The predicted molar refractivity (Wildman–Crippen MR) is 109 cm³/mol. The third-order valence-corrected chi connectivity index (χ3v) is 4.30. The van der Waals surface area contributed by atoms with Crippen molar-refractivity contribution in [2.75, 3.05) is 0 Å². The summed E-state index contributed by atoms with van der Waals surface area (Å²) in [6.45, 7) is 5.00. The zero-order valence-electron chi connectivity index (χ0n) is 16.8. The minimum absolute atomic E-state index is 0.203. The molecular weight excluding hydrogens is 387 g/mol. The molecule has 1 N–H and O–H groups in total. The van der Waals surface area contributed by atoms with Crippen molar-refractivity contribution in [3.05, 3.63) is 66.1 Å². The van der Waals surface area contributed by atoms with Gasteiger partial charge in [0.2, 0.25) is 11.7 Å². The molecule has 154 valence electrons. The average Bonchev–Trinajstić information content (AvgIpc) is 3.29. The maximum absolute atomic E-state index is 13.6. The Labute approximate surface area is 172 Å². The Balaban J connectivity index is 1.53. The standard InChI is InChI=1S/C22H21FN4O3/c1-14-25-20(26-27(14)13-15-5-4-6-17(28)11-15)21-24-12-19(29-21)16-7-9-18(10-8-16)30-22(2,3)23/h4-12,28H,13H2,1-3H3. The van der Waals surface area contributed by atoms with Crippen LogP contribution in [0.15, 0.2) is 59.1 Å². The van der Waals surface area contributed by atoms with Crippen molar-refractivity contribution in [2.24, 2.45) is 0 Å². The van der Waals surface area contributed by atoms with Gasteiger partial charge < -0.3 is 14.3 Å². The molecule has 0 aliphatic rings. The Bertz CT molecular complexity index is 1160. The summed E-state index contributed by atoms with van der Waals surface area (Å²) < 4.78 is 26.3. The third-order valence-electron chi connectivity index (χ3n) is 4.30. The van der Waals surface area contributed by atoms with Crippen LogP contribution in [-0.2, 0) is 6.54 Å². The zero-order chi connectivity index (χ0) is 21.3. The van der Waals surface area contributed by atoms with Crippen LogP contribution < -0.4 is 4.74 Å². The van der Waals surface area contributed by atoms with Crippen LogP contribution in [-0.4, -0.2) is 30.7 Å². The number of alkyl halides is 1. The highest BCUT2D eigenvalue weighted by atomic mass is 19.2. The van der Waals surface area contributed by atoms with E-state index in [0.717, 1.165) is 11.1 Å². The summed E-state index contributed by atoms with van der Waals surface area (Å²) in [5, 5.41) is 14.1. The van der Waals surface area contributed by atoms with E-state index in [9.17, 15) is 9.50 Å². The summed E-state index contributed by atoms with van der Waals surface area (Å²) in [5.41, 5.74) is 1.68. The first-order valence-electron chi connectivity index (χ1n) is 9.41. The van der Waals surface area contributed by atoms with E-state index < -0.39 is 5.85 Å². The molecule has 0 saturated heterocycles. The van der Waals surface area contributed by atoms with E-state index in [-0.39, 0.29) is 5.75 Å². The number of oxazole rings is 1. The van der Waals surface area contributed by atoms with Crippen LogP contribution in [0, 0.1) is 6.92 Å². The van der Waals surface area contributed by atoms with Crippen molar-refractivity contribution in [1.82, 2.24) is 19.7 Å². The molecule has 7 nitrogen and oxygen atoms in total. The van der Waals surface area contributed by atoms with Crippen molar-refractivity contribution >= 4 is 0 Å². The number of phenolic OH excluding ortho intramolecular Hbond substituents is 1. The number of ether oxygens (including phenoxy) is 1. The van der Waals surface area contributed by atoms with Gasteiger partial charge >= 0.3 is 0 Å². The van der Waals surface area contributed by atoms with Crippen LogP contribution in [0.25, 0.3) is 23.0 Å². The molecule has 0 spiro atoms. The van der Waals surface area contributed by atoms with Gasteiger partial charge in [-0.25, -0.2) is 14.6 Å². The molecule has 0 atom stereocenters. The Morgan fingerprint density at radius 2 is 1.93 bits per heavy atom. The molecule has 2 aromatic heterocycles. The van der Waals surface area contributed by atoms with Crippen molar-refractivity contribution < 1.29 is 18.7 Å². The summed E-state index contributed by atoms with van der Waals surface area (Å²) in [4.78, 5) is 8.72. The first kappa shape index (κ1) is 19.6. The topological polar surface area (TPSA) is 86.2 Å². The molecule has 30 heavy (non-hydrogen) atoms. The van der Waals surface area contributed by atoms with Gasteiger partial charge in [-0.3, -0.25) is 0 Å². The summed E-state index contributed by atoms with van der Waals surface area (Å²) in [6.07, 6.45) is 1.59. The second-order valence-corrected chi connectivity index (χ2v) is 7.33. The second-order valence-electron chi connectivity index (χ2n) is 7.33. The largest absolute Gasteiger partial charge is 0.508 e. The number of hydrogen-bond donors (Lipinski definition) is 1. The van der Waals surface area contributed by atoms with Crippen molar-refractivity contribution in [2.45, 2.75) is 33.2 Å². The molecule has 2 aromatic carbocycles. The molecule has 4 rings (SSSR count). The lowest BCUT2D eigenvalue weighted by atomic mass is 10.2. The van der Waals surface area contributed by atoms with E-state index in [1.807, 2.05) is 13.0 Å². The summed E-state index contributed by atoms with van der Waals surface area (Å²) in [6, 6.07) is 13.9. The van der Waals surface area contributed by atoms with E-state index >= 15 is 0 Å². The van der Waals surface area contributed by atoms with Crippen LogP contribution >= 0.6 is 0 Å². The zero-order valence-corrected chi connectivity index (χ0v) is 16.8. The number of aromatic nitrogens is 4. The third kappa shape index (κ3) is 4.48. The minimum Gasteiger partial charge on any atom is -0.508 e. The molecular formula is C22H21FN4O3. The highest BCUT2D eigenvalue weighted by Gasteiger charge is 2.18. The number of benzene rings is 2. The van der Waals surface area contributed by atoms with E-state index in [0.29, 0.717) is 35.6 Å². The minimum atomic E-state index is -1.75. The van der Waals surface area contributed by atoms with Gasteiger partial charge in [0.05, 0.1) is 12.7 Å². The molecule has 0 unspecified atom stereocenters. The van der Waals surface area contributed by atoms with Crippen LogP contribution in [0.5, 0.6) is 11.5 Å². The fraction of sp³-hybridized carbons (Fsp3) is 0.227. The molecule has 8 heteroatoms. The summed E-state index contributed by atoms with van der Waals surface area (Å²) in [5.74, 6) is 0.790. The van der Waals surface area contributed by atoms with Gasteiger partial charge in [0.15, 0.2) is 5.76 Å². The van der Waals surface area contributed by atoms with Gasteiger partial charge in [-0.2, -0.15) is 4.39 Å². The molecule has 0 radical (unpaired) electrons. The number of halogens is 1. The van der Waals surface area contributed by atoms with Crippen molar-refractivity contribution in [3.63, 3.8) is 0 Å². The predicted octanol–water partition coefficient (Wildman–Crippen LogP) is 4.75. The quantitative estimate of drug-likeness (QED) is 0.496. The van der Waals surface area contributed by atoms with Gasteiger partial charge in [0.25, 0.3) is 5.89 Å². The number of hydrogen-bond acceptors (Lipinski definition) is 6. The van der Waals surface area contributed by atoms with Gasteiger partial charge in [-0.05, 0) is 48.9 Å². The molecule has 0 saturated carbocycles. The number of rotatable bonds is 6. The molecule has 0 aliphatic carbocycles. The first-order valence-corrected chi connectivity index (χ1v) is 9.41. The molecule has 2 heterocycles. The van der Waals surface area contributed by atoms with Gasteiger partial charge in [-0.15, -0.1) is 5.10 Å². The molecule has 4 aromatic rings. The van der Waals surface area contributed by atoms with Crippen LogP contribution in [0.1, 0.15) is 25.2 Å². The van der Waals surface area contributed by atoms with E-state index in [1.54, 1.807) is 53.3 Å². The van der Waals surface area contributed by atoms with Crippen molar-refractivity contribution in [3.8, 4) is 34.5 Å². The highest BCUT2D eigenvalue weighted by molar-refractivity contribution is 5.59. The maximum Gasteiger partial charge on any atom is 0.267 e. The summed E-state index contributed by atoms with van der Waals surface area (Å²) in [7, 11) is 0.